The number of furan rings is 1. The summed E-state index contributed by atoms with van der Waals surface area (Å²) in [6.45, 7) is 0.0258. The molecule has 29 heavy (non-hydrogen) atoms. The number of nitrogens with one attached hydrogen (secondary N) is 2. The standard InChI is InChI=1S/C22H19ClN2O4/c1-27-19-8-7-13(23)9-16(19)24-12-22(26)25-17-11-20-15(10-21(17)28-2)14-5-3-4-6-18(14)29-20/h3-11,24H,12H2,1-2H3,(H,25,26). The van der Waals surface area contributed by atoms with Gasteiger partial charge in [0.25, 0.3) is 0 Å². The first-order chi connectivity index (χ1) is 14.1. The fourth-order valence-electron chi connectivity index (χ4n) is 3.21. The van der Waals surface area contributed by atoms with Crippen LogP contribution in [0.2, 0.25) is 5.02 Å². The lowest BCUT2D eigenvalue weighted by atomic mass is 10.1. The molecular formula is C22H19ClN2O4. The number of carbonyl (C=O) groups is 1. The summed E-state index contributed by atoms with van der Waals surface area (Å²) in [5.41, 5.74) is 2.62. The van der Waals surface area contributed by atoms with Crippen molar-refractivity contribution in [1.29, 1.82) is 0 Å². The van der Waals surface area contributed by atoms with Gasteiger partial charge in [0.05, 0.1) is 32.1 Å². The molecule has 0 unspecified atom stereocenters. The van der Waals surface area contributed by atoms with Crippen LogP contribution < -0.4 is 20.1 Å². The summed E-state index contributed by atoms with van der Waals surface area (Å²) in [6.07, 6.45) is 0. The molecule has 0 fully saturated rings. The molecule has 0 spiro atoms. The molecule has 1 aromatic heterocycles. The first-order valence-corrected chi connectivity index (χ1v) is 9.33. The Morgan fingerprint density at radius 3 is 2.52 bits per heavy atom. The van der Waals surface area contributed by atoms with Gasteiger partial charge in [-0.1, -0.05) is 29.8 Å². The number of ether oxygens (including phenoxy) is 2. The number of hydrogen-bond acceptors (Lipinski definition) is 5. The third-order valence-electron chi connectivity index (χ3n) is 4.57. The van der Waals surface area contributed by atoms with E-state index in [1.165, 1.54) is 0 Å². The molecule has 0 bridgehead atoms. The fraction of sp³-hybridized carbons (Fsp3) is 0.136. The normalized spacial score (nSPS) is 10.9. The Bertz CT molecular complexity index is 1200. The van der Waals surface area contributed by atoms with E-state index in [4.69, 9.17) is 25.5 Å². The van der Waals surface area contributed by atoms with E-state index >= 15 is 0 Å². The summed E-state index contributed by atoms with van der Waals surface area (Å²) >= 11 is 6.02. The molecule has 148 valence electrons. The molecule has 0 saturated heterocycles. The lowest BCUT2D eigenvalue weighted by molar-refractivity contribution is -0.114. The summed E-state index contributed by atoms with van der Waals surface area (Å²) in [6, 6.07) is 16.6. The quantitative estimate of drug-likeness (QED) is 0.451. The Kier molecular flexibility index (Phi) is 5.18. The summed E-state index contributed by atoms with van der Waals surface area (Å²) in [7, 11) is 3.12. The molecule has 0 aliphatic heterocycles. The van der Waals surface area contributed by atoms with Gasteiger partial charge in [0.15, 0.2) is 0 Å². The monoisotopic (exact) mass is 410 g/mol. The number of hydrogen-bond donors (Lipinski definition) is 2. The van der Waals surface area contributed by atoms with Gasteiger partial charge in [-0.05, 0) is 30.3 Å². The lowest BCUT2D eigenvalue weighted by Crippen LogP contribution is -2.22. The van der Waals surface area contributed by atoms with Crippen LogP contribution in [0, 0.1) is 0 Å². The minimum atomic E-state index is -0.249. The number of anilines is 2. The zero-order valence-corrected chi connectivity index (χ0v) is 16.7. The fourth-order valence-corrected chi connectivity index (χ4v) is 3.38. The second-order valence-corrected chi connectivity index (χ2v) is 6.83. The third kappa shape index (κ3) is 3.79. The van der Waals surface area contributed by atoms with Gasteiger partial charge < -0.3 is 24.5 Å². The number of benzene rings is 3. The van der Waals surface area contributed by atoms with E-state index in [1.54, 1.807) is 38.5 Å². The highest BCUT2D eigenvalue weighted by atomic mass is 35.5. The first kappa shape index (κ1) is 19.0. The maximum Gasteiger partial charge on any atom is 0.243 e. The van der Waals surface area contributed by atoms with Gasteiger partial charge in [-0.3, -0.25) is 4.79 Å². The van der Waals surface area contributed by atoms with Gasteiger partial charge in [-0.25, -0.2) is 0 Å². The summed E-state index contributed by atoms with van der Waals surface area (Å²) in [5.74, 6) is 0.905. The third-order valence-corrected chi connectivity index (χ3v) is 4.81. The smallest absolute Gasteiger partial charge is 0.243 e. The SMILES string of the molecule is COc1ccc(Cl)cc1NCC(=O)Nc1cc2oc3ccccc3c2cc1OC. The Hall–Kier alpha value is -3.38. The predicted molar refractivity (Wildman–Crippen MR) is 115 cm³/mol. The van der Waals surface area contributed by atoms with Crippen LogP contribution in [0.1, 0.15) is 0 Å². The Labute approximate surface area is 172 Å². The van der Waals surface area contributed by atoms with Crippen LogP contribution in [0.4, 0.5) is 11.4 Å². The van der Waals surface area contributed by atoms with Crippen molar-refractivity contribution in [3.63, 3.8) is 0 Å². The number of amides is 1. The highest BCUT2D eigenvalue weighted by molar-refractivity contribution is 6.31. The average Bonchev–Trinajstić information content (AvgIpc) is 3.09. The topological polar surface area (TPSA) is 72.7 Å². The molecule has 4 aromatic rings. The van der Waals surface area contributed by atoms with E-state index in [9.17, 15) is 4.79 Å². The van der Waals surface area contributed by atoms with E-state index in [0.717, 1.165) is 16.4 Å². The minimum absolute atomic E-state index is 0.0258. The van der Waals surface area contributed by atoms with Crippen molar-refractivity contribution in [3.8, 4) is 11.5 Å². The second-order valence-electron chi connectivity index (χ2n) is 6.39. The largest absolute Gasteiger partial charge is 0.495 e. The molecule has 1 amide bonds. The number of para-hydroxylation sites is 1. The second kappa shape index (κ2) is 7.93. The molecule has 6 nitrogen and oxygen atoms in total. The van der Waals surface area contributed by atoms with Crippen LogP contribution in [0.3, 0.4) is 0 Å². The Balaban J connectivity index is 1.56. The van der Waals surface area contributed by atoms with E-state index in [1.807, 2.05) is 30.3 Å². The summed E-state index contributed by atoms with van der Waals surface area (Å²) in [4.78, 5) is 12.5. The number of rotatable bonds is 6. The number of methoxy groups -OCH3 is 2. The Morgan fingerprint density at radius 2 is 1.72 bits per heavy atom. The van der Waals surface area contributed by atoms with E-state index in [2.05, 4.69) is 10.6 Å². The van der Waals surface area contributed by atoms with Crippen LogP contribution in [0.5, 0.6) is 11.5 Å². The van der Waals surface area contributed by atoms with Crippen molar-refractivity contribution >= 4 is 50.8 Å². The predicted octanol–water partition coefficient (Wildman–Crippen LogP) is 5.31. The zero-order valence-electron chi connectivity index (χ0n) is 15.9. The molecule has 3 aromatic carbocycles. The number of halogens is 1. The molecule has 0 aliphatic rings. The van der Waals surface area contributed by atoms with Gasteiger partial charge >= 0.3 is 0 Å². The first-order valence-electron chi connectivity index (χ1n) is 8.95. The molecule has 7 heteroatoms. The van der Waals surface area contributed by atoms with Crippen LogP contribution in [0.15, 0.2) is 59.0 Å². The lowest BCUT2D eigenvalue weighted by Gasteiger charge is -2.13. The zero-order chi connectivity index (χ0) is 20.4. The molecule has 0 atom stereocenters. The van der Waals surface area contributed by atoms with E-state index in [0.29, 0.717) is 33.5 Å². The van der Waals surface area contributed by atoms with Crippen molar-refractivity contribution in [2.75, 3.05) is 31.4 Å². The molecule has 1 heterocycles. The van der Waals surface area contributed by atoms with Crippen molar-refractivity contribution in [2.45, 2.75) is 0 Å². The van der Waals surface area contributed by atoms with Crippen molar-refractivity contribution < 1.29 is 18.7 Å². The number of fused-ring (bicyclic) bond motifs is 3. The molecule has 2 N–H and O–H groups in total. The van der Waals surface area contributed by atoms with E-state index < -0.39 is 0 Å². The molecule has 4 rings (SSSR count). The molecule has 0 aliphatic carbocycles. The van der Waals surface area contributed by atoms with Crippen LogP contribution >= 0.6 is 11.6 Å². The van der Waals surface area contributed by atoms with Gasteiger partial charge in [-0.2, -0.15) is 0 Å². The van der Waals surface area contributed by atoms with Crippen LogP contribution in [-0.4, -0.2) is 26.7 Å². The summed E-state index contributed by atoms with van der Waals surface area (Å²) < 4.78 is 16.6. The van der Waals surface area contributed by atoms with Gasteiger partial charge in [0.2, 0.25) is 5.91 Å². The maximum absolute atomic E-state index is 12.5. The number of carbonyl (C=O) groups excluding carboxylic acids is 1. The van der Waals surface area contributed by atoms with Crippen molar-refractivity contribution in [3.05, 3.63) is 59.6 Å². The van der Waals surface area contributed by atoms with Gasteiger partial charge in [-0.15, -0.1) is 0 Å². The van der Waals surface area contributed by atoms with E-state index in [-0.39, 0.29) is 12.5 Å². The maximum atomic E-state index is 12.5. The molecule has 0 saturated carbocycles. The van der Waals surface area contributed by atoms with Crippen molar-refractivity contribution in [1.82, 2.24) is 0 Å². The molecular weight excluding hydrogens is 392 g/mol. The highest BCUT2D eigenvalue weighted by Crippen LogP contribution is 2.36. The minimum Gasteiger partial charge on any atom is -0.495 e. The Morgan fingerprint density at radius 1 is 0.931 bits per heavy atom. The highest BCUT2D eigenvalue weighted by Gasteiger charge is 2.14. The van der Waals surface area contributed by atoms with Crippen molar-refractivity contribution in [2.24, 2.45) is 0 Å². The summed E-state index contributed by atoms with van der Waals surface area (Å²) in [5, 5.41) is 8.36. The van der Waals surface area contributed by atoms with Crippen LogP contribution in [-0.2, 0) is 4.79 Å². The molecule has 0 radical (unpaired) electrons. The van der Waals surface area contributed by atoms with Gasteiger partial charge in [0, 0.05) is 21.9 Å². The van der Waals surface area contributed by atoms with Gasteiger partial charge in [0.1, 0.15) is 22.7 Å². The van der Waals surface area contributed by atoms with Crippen LogP contribution in [0.25, 0.3) is 21.9 Å². The average molecular weight is 411 g/mol.